The SMILES string of the molecule is CCc1nccn1CCC(=O)N1CCC(c2nc(-c3ccccc3)no2)CC1. The number of likely N-dealkylation sites (tertiary alicyclic amines) is 1. The first-order valence-corrected chi connectivity index (χ1v) is 9.91. The van der Waals surface area contributed by atoms with Gasteiger partial charge >= 0.3 is 0 Å². The van der Waals surface area contributed by atoms with Crippen LogP contribution in [-0.2, 0) is 17.8 Å². The number of nitrogens with zero attached hydrogens (tertiary/aromatic N) is 5. The fourth-order valence-corrected chi connectivity index (χ4v) is 3.71. The molecule has 1 aliphatic rings. The number of aryl methyl sites for hydroxylation is 2. The van der Waals surface area contributed by atoms with Crippen molar-refractivity contribution < 1.29 is 9.32 Å². The van der Waals surface area contributed by atoms with Gasteiger partial charge in [0, 0.05) is 56.4 Å². The molecule has 0 unspecified atom stereocenters. The van der Waals surface area contributed by atoms with E-state index in [0.717, 1.165) is 43.7 Å². The highest BCUT2D eigenvalue weighted by atomic mass is 16.5. The molecule has 1 fully saturated rings. The van der Waals surface area contributed by atoms with Crippen LogP contribution in [-0.4, -0.2) is 43.6 Å². The monoisotopic (exact) mass is 379 g/mol. The third kappa shape index (κ3) is 3.98. The van der Waals surface area contributed by atoms with Crippen molar-refractivity contribution in [1.82, 2.24) is 24.6 Å². The number of aromatic nitrogens is 4. The van der Waals surface area contributed by atoms with Crippen molar-refractivity contribution in [2.24, 2.45) is 0 Å². The molecule has 1 amide bonds. The first-order chi connectivity index (χ1) is 13.7. The second-order valence-corrected chi connectivity index (χ2v) is 7.12. The van der Waals surface area contributed by atoms with Crippen LogP contribution in [0.1, 0.15) is 43.8 Å². The van der Waals surface area contributed by atoms with Crippen LogP contribution >= 0.6 is 0 Å². The molecule has 146 valence electrons. The van der Waals surface area contributed by atoms with Crippen molar-refractivity contribution in [3.8, 4) is 11.4 Å². The quantitative estimate of drug-likeness (QED) is 0.657. The van der Waals surface area contributed by atoms with Gasteiger partial charge in [0.15, 0.2) is 0 Å². The largest absolute Gasteiger partial charge is 0.343 e. The van der Waals surface area contributed by atoms with Gasteiger partial charge in [-0.1, -0.05) is 42.4 Å². The Morgan fingerprint density at radius 1 is 1.21 bits per heavy atom. The summed E-state index contributed by atoms with van der Waals surface area (Å²) in [6, 6.07) is 9.83. The van der Waals surface area contributed by atoms with E-state index in [4.69, 9.17) is 4.52 Å². The van der Waals surface area contributed by atoms with Gasteiger partial charge in [-0.3, -0.25) is 4.79 Å². The predicted molar refractivity (Wildman–Crippen MR) is 105 cm³/mol. The Labute approximate surface area is 164 Å². The molecule has 7 nitrogen and oxygen atoms in total. The topological polar surface area (TPSA) is 77.1 Å². The summed E-state index contributed by atoms with van der Waals surface area (Å²) >= 11 is 0. The zero-order valence-electron chi connectivity index (χ0n) is 16.1. The molecule has 0 N–H and O–H groups in total. The maximum atomic E-state index is 12.6. The predicted octanol–water partition coefficient (Wildman–Crippen LogP) is 3.29. The molecule has 3 aromatic rings. The zero-order chi connectivity index (χ0) is 19.3. The molecular formula is C21H25N5O2. The number of imidazole rings is 1. The summed E-state index contributed by atoms with van der Waals surface area (Å²) in [5.41, 5.74) is 0.955. The molecule has 7 heteroatoms. The molecule has 3 heterocycles. The molecule has 1 aliphatic heterocycles. The molecule has 2 aromatic heterocycles. The summed E-state index contributed by atoms with van der Waals surface area (Å²) in [5.74, 6) is 2.74. The highest BCUT2D eigenvalue weighted by Crippen LogP contribution is 2.28. The number of rotatable bonds is 6. The summed E-state index contributed by atoms with van der Waals surface area (Å²) in [7, 11) is 0. The van der Waals surface area contributed by atoms with Crippen LogP contribution < -0.4 is 0 Å². The fraction of sp³-hybridized carbons (Fsp3) is 0.429. The summed E-state index contributed by atoms with van der Waals surface area (Å²) in [6.45, 7) is 4.23. The van der Waals surface area contributed by atoms with E-state index in [0.29, 0.717) is 24.7 Å². The number of hydrogen-bond acceptors (Lipinski definition) is 5. The van der Waals surface area contributed by atoms with Crippen molar-refractivity contribution in [3.05, 3.63) is 54.4 Å². The lowest BCUT2D eigenvalue weighted by molar-refractivity contribution is -0.132. The van der Waals surface area contributed by atoms with Crippen LogP contribution in [0.2, 0.25) is 0 Å². The number of benzene rings is 1. The number of hydrogen-bond donors (Lipinski definition) is 0. The molecule has 0 bridgehead atoms. The van der Waals surface area contributed by atoms with Crippen molar-refractivity contribution in [2.45, 2.75) is 45.1 Å². The Bertz CT molecular complexity index is 910. The molecule has 1 saturated heterocycles. The van der Waals surface area contributed by atoms with Gasteiger partial charge in [0.25, 0.3) is 0 Å². The third-order valence-corrected chi connectivity index (χ3v) is 5.36. The van der Waals surface area contributed by atoms with Crippen molar-refractivity contribution in [3.63, 3.8) is 0 Å². The van der Waals surface area contributed by atoms with Gasteiger partial charge in [-0.25, -0.2) is 4.98 Å². The van der Waals surface area contributed by atoms with Crippen LogP contribution in [0.15, 0.2) is 47.2 Å². The Kier molecular flexibility index (Phi) is 5.50. The maximum Gasteiger partial charge on any atom is 0.230 e. The van der Waals surface area contributed by atoms with Gasteiger partial charge in [-0.15, -0.1) is 0 Å². The van der Waals surface area contributed by atoms with Gasteiger partial charge in [-0.2, -0.15) is 4.98 Å². The summed E-state index contributed by atoms with van der Waals surface area (Å²) in [6.07, 6.45) is 6.83. The highest BCUT2D eigenvalue weighted by Gasteiger charge is 2.27. The van der Waals surface area contributed by atoms with Crippen LogP contribution in [0.3, 0.4) is 0 Å². The van der Waals surface area contributed by atoms with Gasteiger partial charge in [-0.05, 0) is 12.8 Å². The van der Waals surface area contributed by atoms with Crippen LogP contribution in [0.5, 0.6) is 0 Å². The lowest BCUT2D eigenvalue weighted by atomic mass is 9.96. The maximum absolute atomic E-state index is 12.6. The molecule has 4 rings (SSSR count). The molecular weight excluding hydrogens is 354 g/mol. The lowest BCUT2D eigenvalue weighted by Gasteiger charge is -2.30. The molecule has 1 aromatic carbocycles. The van der Waals surface area contributed by atoms with Gasteiger partial charge < -0.3 is 14.0 Å². The molecule has 28 heavy (non-hydrogen) atoms. The normalized spacial score (nSPS) is 15.1. The van der Waals surface area contributed by atoms with Crippen LogP contribution in [0, 0.1) is 0 Å². The van der Waals surface area contributed by atoms with E-state index < -0.39 is 0 Å². The fourth-order valence-electron chi connectivity index (χ4n) is 3.71. The first-order valence-electron chi connectivity index (χ1n) is 9.91. The standard InChI is InChI=1S/C21H25N5O2/c1-2-18-22-11-15-25(18)14-10-19(27)26-12-8-17(9-13-26)21-23-20(24-28-21)16-6-4-3-5-7-16/h3-7,11,15,17H,2,8-10,12-14H2,1H3. The van der Waals surface area contributed by atoms with E-state index in [1.165, 1.54) is 0 Å². The van der Waals surface area contributed by atoms with E-state index in [1.54, 1.807) is 6.20 Å². The lowest BCUT2D eigenvalue weighted by Crippen LogP contribution is -2.38. The number of piperidine rings is 1. The Hall–Kier alpha value is -2.96. The van der Waals surface area contributed by atoms with Crippen LogP contribution in [0.25, 0.3) is 11.4 Å². The molecule has 0 atom stereocenters. The minimum Gasteiger partial charge on any atom is -0.343 e. The average molecular weight is 379 g/mol. The smallest absolute Gasteiger partial charge is 0.230 e. The minimum absolute atomic E-state index is 0.199. The number of carbonyl (C=O) groups is 1. The summed E-state index contributed by atoms with van der Waals surface area (Å²) in [5, 5.41) is 4.11. The number of amides is 1. The zero-order valence-corrected chi connectivity index (χ0v) is 16.1. The van der Waals surface area contributed by atoms with Gasteiger partial charge in [0.05, 0.1) is 0 Å². The summed E-state index contributed by atoms with van der Waals surface area (Å²) in [4.78, 5) is 23.4. The van der Waals surface area contributed by atoms with Crippen molar-refractivity contribution in [2.75, 3.05) is 13.1 Å². The Balaban J connectivity index is 1.30. The van der Waals surface area contributed by atoms with E-state index in [2.05, 4.69) is 26.6 Å². The first kappa shape index (κ1) is 18.4. The van der Waals surface area contributed by atoms with E-state index in [9.17, 15) is 4.79 Å². The molecule has 0 radical (unpaired) electrons. The number of carbonyl (C=O) groups excluding carboxylic acids is 1. The van der Waals surface area contributed by atoms with Crippen LogP contribution in [0.4, 0.5) is 0 Å². The summed E-state index contributed by atoms with van der Waals surface area (Å²) < 4.78 is 7.57. The van der Waals surface area contributed by atoms with E-state index in [1.807, 2.05) is 41.4 Å². The average Bonchev–Trinajstić information content (AvgIpc) is 3.42. The molecule has 0 saturated carbocycles. The van der Waals surface area contributed by atoms with E-state index in [-0.39, 0.29) is 11.8 Å². The van der Waals surface area contributed by atoms with E-state index >= 15 is 0 Å². The molecule has 0 spiro atoms. The van der Waals surface area contributed by atoms with Crippen molar-refractivity contribution in [1.29, 1.82) is 0 Å². The minimum atomic E-state index is 0.199. The van der Waals surface area contributed by atoms with Gasteiger partial charge in [0.2, 0.25) is 17.6 Å². The molecule has 0 aliphatic carbocycles. The Morgan fingerprint density at radius 2 is 2.00 bits per heavy atom. The Morgan fingerprint density at radius 3 is 2.75 bits per heavy atom. The third-order valence-electron chi connectivity index (χ3n) is 5.36. The second kappa shape index (κ2) is 8.37. The van der Waals surface area contributed by atoms with Crippen molar-refractivity contribution >= 4 is 5.91 Å². The van der Waals surface area contributed by atoms with Gasteiger partial charge in [0.1, 0.15) is 5.82 Å². The second-order valence-electron chi connectivity index (χ2n) is 7.12. The highest BCUT2D eigenvalue weighted by molar-refractivity contribution is 5.76.